The highest BCUT2D eigenvalue weighted by molar-refractivity contribution is 6.00. The number of fused-ring (bicyclic) bond motifs is 1. The number of nitrogens with zero attached hydrogens (tertiary/aromatic N) is 3. The lowest BCUT2D eigenvalue weighted by atomic mass is 9.77. The standard InChI is InChI=1S/C27H29N4O3/c1-33-27(32)23-13-6-5-12-22(23)25-24-17-29-14-15-31(24,28)26(30-25)20-10-7-11-21(16-20)34-18-19-8-3-2-4-9-19/h2-4,7-11,14-17,22-23H,5-6,12-13,18,28H2,1H3/q+1. The van der Waals surface area contributed by atoms with Crippen LogP contribution in [0.5, 0.6) is 5.75 Å². The Bertz CT molecular complexity index is 1200. The molecule has 174 valence electrons. The maximum absolute atomic E-state index is 12.6. The number of esters is 1. The molecule has 0 bridgehead atoms. The number of hydrogen-bond donors (Lipinski definition) is 1. The first-order valence-electron chi connectivity index (χ1n) is 11.7. The molecule has 1 aliphatic carbocycles. The van der Waals surface area contributed by atoms with Crippen molar-refractivity contribution < 1.29 is 18.9 Å². The minimum atomic E-state index is -0.224. The van der Waals surface area contributed by atoms with Crippen LogP contribution < -0.4 is 10.6 Å². The Kier molecular flexibility index (Phi) is 6.13. The zero-order chi connectivity index (χ0) is 23.5. The Balaban J connectivity index is 1.48. The molecule has 7 nitrogen and oxygen atoms in total. The summed E-state index contributed by atoms with van der Waals surface area (Å²) < 4.78 is 11.1. The predicted molar refractivity (Wildman–Crippen MR) is 130 cm³/mol. The van der Waals surface area contributed by atoms with Gasteiger partial charge in [0.05, 0.1) is 31.0 Å². The first-order valence-corrected chi connectivity index (χ1v) is 11.7. The number of carbonyl (C=O) groups is 1. The van der Waals surface area contributed by atoms with Gasteiger partial charge in [-0.2, -0.15) is 10.8 Å². The van der Waals surface area contributed by atoms with Crippen molar-refractivity contribution in [1.29, 1.82) is 0 Å². The SMILES string of the molecule is COC(=O)C1CCCCC1C1=C2C=NC=C[N+]2(N)C(c2cccc(OCc3ccccc3)c2)=N1. The summed E-state index contributed by atoms with van der Waals surface area (Å²) in [5.74, 6) is 7.89. The lowest BCUT2D eigenvalue weighted by molar-refractivity contribution is -0.750. The van der Waals surface area contributed by atoms with E-state index in [1.807, 2.05) is 60.8 Å². The third-order valence-electron chi connectivity index (χ3n) is 6.78. The smallest absolute Gasteiger partial charge is 0.309 e. The molecule has 34 heavy (non-hydrogen) atoms. The van der Waals surface area contributed by atoms with E-state index in [0.717, 1.165) is 54.0 Å². The summed E-state index contributed by atoms with van der Waals surface area (Å²) in [5, 5.41) is 0. The van der Waals surface area contributed by atoms with Crippen LogP contribution in [0.15, 0.2) is 88.4 Å². The third kappa shape index (κ3) is 4.08. The van der Waals surface area contributed by atoms with Crippen molar-refractivity contribution in [3.8, 4) is 5.75 Å². The van der Waals surface area contributed by atoms with Crippen molar-refractivity contribution in [2.45, 2.75) is 32.3 Å². The van der Waals surface area contributed by atoms with Crippen molar-refractivity contribution in [3.05, 3.63) is 89.5 Å². The molecule has 2 aromatic rings. The molecule has 1 saturated carbocycles. The van der Waals surface area contributed by atoms with Gasteiger partial charge in [0.15, 0.2) is 0 Å². The van der Waals surface area contributed by atoms with E-state index in [-0.39, 0.29) is 22.4 Å². The van der Waals surface area contributed by atoms with Gasteiger partial charge in [-0.1, -0.05) is 49.2 Å². The number of nitrogens with two attached hydrogens (primary N) is 1. The van der Waals surface area contributed by atoms with E-state index in [2.05, 4.69) is 4.99 Å². The highest BCUT2D eigenvalue weighted by atomic mass is 16.5. The largest absolute Gasteiger partial charge is 0.489 e. The second-order valence-corrected chi connectivity index (χ2v) is 8.88. The van der Waals surface area contributed by atoms with Crippen LogP contribution in [0.1, 0.15) is 36.8 Å². The van der Waals surface area contributed by atoms with Gasteiger partial charge in [0, 0.05) is 5.92 Å². The molecule has 1 fully saturated rings. The third-order valence-corrected chi connectivity index (χ3v) is 6.78. The fraction of sp³-hybridized carbons (Fsp3) is 0.296. The van der Waals surface area contributed by atoms with E-state index in [4.69, 9.17) is 20.3 Å². The highest BCUT2D eigenvalue weighted by Crippen LogP contribution is 2.43. The number of amidine groups is 1. The maximum Gasteiger partial charge on any atom is 0.309 e. The van der Waals surface area contributed by atoms with Gasteiger partial charge in [-0.05, 0) is 36.6 Å². The van der Waals surface area contributed by atoms with Gasteiger partial charge in [0.2, 0.25) is 5.70 Å². The second-order valence-electron chi connectivity index (χ2n) is 8.88. The van der Waals surface area contributed by atoms with E-state index in [1.165, 1.54) is 7.11 Å². The summed E-state index contributed by atoms with van der Waals surface area (Å²) in [6, 6.07) is 17.9. The normalized spacial score (nSPS) is 25.6. The topological polar surface area (TPSA) is 86.3 Å². The Morgan fingerprint density at radius 1 is 1.12 bits per heavy atom. The summed E-state index contributed by atoms with van der Waals surface area (Å²) in [7, 11) is 1.45. The minimum absolute atomic E-state index is 0.0507. The van der Waals surface area contributed by atoms with E-state index in [1.54, 1.807) is 12.4 Å². The van der Waals surface area contributed by atoms with Gasteiger partial charge in [0.1, 0.15) is 24.3 Å². The summed E-state index contributed by atoms with van der Waals surface area (Å²) >= 11 is 0. The molecule has 0 aromatic heterocycles. The Morgan fingerprint density at radius 3 is 2.76 bits per heavy atom. The molecule has 5 rings (SSSR count). The number of quaternary nitrogens is 1. The van der Waals surface area contributed by atoms with Crippen LogP contribution in [-0.4, -0.2) is 29.7 Å². The summed E-state index contributed by atoms with van der Waals surface area (Å²) in [4.78, 5) is 22.0. The number of methoxy groups -OCH3 is 1. The lowest BCUT2D eigenvalue weighted by Crippen LogP contribution is -2.53. The molecule has 0 radical (unpaired) electrons. The van der Waals surface area contributed by atoms with Gasteiger partial charge in [-0.15, -0.1) is 4.59 Å². The summed E-state index contributed by atoms with van der Waals surface area (Å²) in [5.41, 5.74) is 3.59. The monoisotopic (exact) mass is 457 g/mol. The Hall–Kier alpha value is -3.55. The number of ether oxygens (including phenoxy) is 2. The zero-order valence-electron chi connectivity index (χ0n) is 19.3. The highest BCUT2D eigenvalue weighted by Gasteiger charge is 2.48. The molecule has 0 spiro atoms. The van der Waals surface area contributed by atoms with E-state index in [9.17, 15) is 4.79 Å². The van der Waals surface area contributed by atoms with Gasteiger partial charge in [-0.25, -0.2) is 0 Å². The molecule has 2 aromatic carbocycles. The summed E-state index contributed by atoms with van der Waals surface area (Å²) in [6.45, 7) is 0.476. The number of benzene rings is 2. The van der Waals surface area contributed by atoms with Gasteiger partial charge in [-0.3, -0.25) is 9.79 Å². The van der Waals surface area contributed by atoms with Gasteiger partial charge in [0.25, 0.3) is 5.84 Å². The van der Waals surface area contributed by atoms with Crippen LogP contribution in [0.4, 0.5) is 0 Å². The molecular weight excluding hydrogens is 428 g/mol. The average Bonchev–Trinajstić information content (AvgIpc) is 3.20. The molecule has 3 aliphatic rings. The number of allylic oxidation sites excluding steroid dienone is 2. The molecule has 3 unspecified atom stereocenters. The molecule has 7 heteroatoms. The van der Waals surface area contributed by atoms with E-state index >= 15 is 0 Å². The predicted octanol–water partition coefficient (Wildman–Crippen LogP) is 4.46. The van der Waals surface area contributed by atoms with Crippen molar-refractivity contribution in [3.63, 3.8) is 0 Å². The first-order chi connectivity index (χ1) is 16.6. The van der Waals surface area contributed by atoms with Crippen LogP contribution in [0, 0.1) is 11.8 Å². The van der Waals surface area contributed by atoms with Crippen LogP contribution >= 0.6 is 0 Å². The fourth-order valence-corrected chi connectivity index (χ4v) is 5.04. The molecule has 3 atom stereocenters. The average molecular weight is 458 g/mol. The van der Waals surface area contributed by atoms with Crippen molar-refractivity contribution in [2.24, 2.45) is 27.7 Å². The Labute approximate surface area is 199 Å². The van der Waals surface area contributed by atoms with Crippen molar-refractivity contribution in [1.82, 2.24) is 0 Å². The van der Waals surface area contributed by atoms with Gasteiger partial charge < -0.3 is 9.47 Å². The summed E-state index contributed by atoms with van der Waals surface area (Å²) in [6.07, 6.45) is 9.00. The fourth-order valence-electron chi connectivity index (χ4n) is 5.04. The molecule has 0 saturated heterocycles. The number of rotatable bonds is 6. The van der Waals surface area contributed by atoms with Crippen molar-refractivity contribution in [2.75, 3.05) is 7.11 Å². The second kappa shape index (κ2) is 9.37. The lowest BCUT2D eigenvalue weighted by Gasteiger charge is -2.30. The number of hydrogen-bond acceptors (Lipinski definition) is 6. The Morgan fingerprint density at radius 2 is 1.94 bits per heavy atom. The first kappa shape index (κ1) is 22.3. The number of aliphatic imine (C=N–C) groups is 2. The van der Waals surface area contributed by atoms with E-state index < -0.39 is 0 Å². The minimum Gasteiger partial charge on any atom is -0.489 e. The molecular formula is C27H29N4O3+. The van der Waals surface area contributed by atoms with Crippen LogP contribution in [0.3, 0.4) is 0 Å². The molecule has 0 amide bonds. The zero-order valence-corrected chi connectivity index (χ0v) is 19.3. The van der Waals surface area contributed by atoms with Crippen LogP contribution in [0.25, 0.3) is 0 Å². The molecule has 2 heterocycles. The molecule has 2 N–H and O–H groups in total. The van der Waals surface area contributed by atoms with Gasteiger partial charge >= 0.3 is 5.97 Å². The maximum atomic E-state index is 12.6. The van der Waals surface area contributed by atoms with Crippen molar-refractivity contribution >= 4 is 18.0 Å². The van der Waals surface area contributed by atoms with E-state index in [0.29, 0.717) is 12.4 Å². The molecule has 2 aliphatic heterocycles. The van der Waals surface area contributed by atoms with Crippen LogP contribution in [-0.2, 0) is 16.1 Å². The quantitative estimate of drug-likeness (QED) is 0.394. The number of carbonyl (C=O) groups excluding carboxylic acids is 1. The van der Waals surface area contributed by atoms with Crippen LogP contribution in [0.2, 0.25) is 0 Å².